The molecule has 0 aliphatic heterocycles. The van der Waals surface area contributed by atoms with Gasteiger partial charge in [0.15, 0.2) is 5.15 Å². The molecule has 1 N–H and O–H groups in total. The molecule has 0 aliphatic rings. The molecule has 0 aliphatic carbocycles. The third kappa shape index (κ3) is 1.65. The van der Waals surface area contributed by atoms with E-state index in [1.54, 1.807) is 22.9 Å². The van der Waals surface area contributed by atoms with Crippen LogP contribution in [0.1, 0.15) is 30.2 Å². The Morgan fingerprint density at radius 3 is 2.75 bits per heavy atom. The highest BCUT2D eigenvalue weighted by Gasteiger charge is 2.13. The predicted molar refractivity (Wildman–Crippen MR) is 62.1 cm³/mol. The summed E-state index contributed by atoms with van der Waals surface area (Å²) in [6.07, 6.45) is 0. The van der Waals surface area contributed by atoms with Gasteiger partial charge in [0.25, 0.3) is 0 Å². The summed E-state index contributed by atoms with van der Waals surface area (Å²) in [4.78, 5) is 10.8. The minimum absolute atomic E-state index is 0.186. The number of benzene rings is 1. The molecule has 84 valence electrons. The number of aromatic carboxylic acids is 1. The molecule has 0 radical (unpaired) electrons. The van der Waals surface area contributed by atoms with E-state index in [0.717, 1.165) is 5.52 Å². The lowest BCUT2D eigenvalue weighted by Crippen LogP contribution is -2.02. The van der Waals surface area contributed by atoms with Crippen LogP contribution in [0.15, 0.2) is 18.2 Å². The van der Waals surface area contributed by atoms with Crippen molar-refractivity contribution in [3.63, 3.8) is 0 Å². The van der Waals surface area contributed by atoms with E-state index in [1.807, 2.05) is 13.8 Å². The number of fused-ring (bicyclic) bond motifs is 1. The molecule has 2 rings (SSSR count). The van der Waals surface area contributed by atoms with Crippen molar-refractivity contribution >= 4 is 28.5 Å². The second kappa shape index (κ2) is 3.79. The standard InChI is InChI=1S/C11H11ClN2O2/c1-6(2)14-9-4-3-7(11(15)16)5-8(9)10(12)13-14/h3-6H,1-2H3,(H,15,16). The fourth-order valence-electron chi connectivity index (χ4n) is 1.63. The number of hydrogen-bond donors (Lipinski definition) is 1. The van der Waals surface area contributed by atoms with Crippen molar-refractivity contribution in [3.8, 4) is 0 Å². The summed E-state index contributed by atoms with van der Waals surface area (Å²) in [7, 11) is 0. The third-order valence-corrected chi connectivity index (χ3v) is 2.68. The highest BCUT2D eigenvalue weighted by molar-refractivity contribution is 6.34. The molecule has 0 bridgehead atoms. The van der Waals surface area contributed by atoms with Crippen LogP contribution in [0, 0.1) is 0 Å². The minimum Gasteiger partial charge on any atom is -0.478 e. The van der Waals surface area contributed by atoms with Crippen LogP contribution in [-0.4, -0.2) is 20.9 Å². The van der Waals surface area contributed by atoms with Gasteiger partial charge in [-0.1, -0.05) is 11.6 Å². The first-order valence-corrected chi connectivity index (χ1v) is 5.29. The minimum atomic E-state index is -0.963. The second-order valence-electron chi connectivity index (χ2n) is 3.87. The maximum Gasteiger partial charge on any atom is 0.335 e. The molecule has 0 unspecified atom stereocenters. The fraction of sp³-hybridized carbons (Fsp3) is 0.273. The maximum absolute atomic E-state index is 10.8. The molecule has 0 amide bonds. The molecule has 5 heteroatoms. The van der Waals surface area contributed by atoms with Gasteiger partial charge in [-0.2, -0.15) is 5.10 Å². The van der Waals surface area contributed by atoms with Crippen LogP contribution in [0.4, 0.5) is 0 Å². The molecule has 4 nitrogen and oxygen atoms in total. The summed E-state index contributed by atoms with van der Waals surface area (Å²) in [5.41, 5.74) is 1.07. The quantitative estimate of drug-likeness (QED) is 0.875. The van der Waals surface area contributed by atoms with Gasteiger partial charge >= 0.3 is 5.97 Å². The highest BCUT2D eigenvalue weighted by Crippen LogP contribution is 2.26. The van der Waals surface area contributed by atoms with Crippen LogP contribution in [0.5, 0.6) is 0 Å². The van der Waals surface area contributed by atoms with Crippen molar-refractivity contribution < 1.29 is 9.90 Å². The number of carbonyl (C=O) groups is 1. The van der Waals surface area contributed by atoms with Gasteiger partial charge in [-0.3, -0.25) is 4.68 Å². The largest absolute Gasteiger partial charge is 0.478 e. The molecule has 0 spiro atoms. The normalized spacial score (nSPS) is 11.2. The Morgan fingerprint density at radius 1 is 1.50 bits per heavy atom. The van der Waals surface area contributed by atoms with Crippen LogP contribution >= 0.6 is 11.6 Å². The van der Waals surface area contributed by atoms with Crippen molar-refractivity contribution in [2.45, 2.75) is 19.9 Å². The summed E-state index contributed by atoms with van der Waals surface area (Å²) in [5.74, 6) is -0.963. The summed E-state index contributed by atoms with van der Waals surface area (Å²) in [5, 5.41) is 14.1. The molecular formula is C11H11ClN2O2. The Bertz CT molecular complexity index is 560. The number of nitrogens with zero attached hydrogens (tertiary/aromatic N) is 2. The predicted octanol–water partition coefficient (Wildman–Crippen LogP) is 2.97. The molecule has 0 saturated heterocycles. The molecule has 1 heterocycles. The van der Waals surface area contributed by atoms with Crippen LogP contribution in [0.2, 0.25) is 5.15 Å². The van der Waals surface area contributed by atoms with E-state index in [2.05, 4.69) is 5.10 Å². The van der Waals surface area contributed by atoms with E-state index >= 15 is 0 Å². The van der Waals surface area contributed by atoms with Gasteiger partial charge in [-0.05, 0) is 32.0 Å². The molecule has 1 aromatic carbocycles. The van der Waals surface area contributed by atoms with E-state index in [0.29, 0.717) is 10.5 Å². The van der Waals surface area contributed by atoms with Gasteiger partial charge in [0.1, 0.15) is 0 Å². The number of carboxylic acids is 1. The Hall–Kier alpha value is -1.55. The van der Waals surface area contributed by atoms with E-state index in [1.165, 1.54) is 0 Å². The van der Waals surface area contributed by atoms with Crippen molar-refractivity contribution in [1.82, 2.24) is 9.78 Å². The maximum atomic E-state index is 10.8. The number of carboxylic acid groups (broad SMARTS) is 1. The monoisotopic (exact) mass is 238 g/mol. The van der Waals surface area contributed by atoms with Gasteiger partial charge in [0.2, 0.25) is 0 Å². The average molecular weight is 239 g/mol. The molecule has 0 atom stereocenters. The van der Waals surface area contributed by atoms with Gasteiger partial charge in [0, 0.05) is 11.4 Å². The average Bonchev–Trinajstić information content (AvgIpc) is 2.56. The van der Waals surface area contributed by atoms with Crippen LogP contribution in [0.3, 0.4) is 0 Å². The highest BCUT2D eigenvalue weighted by atomic mass is 35.5. The number of halogens is 1. The summed E-state index contributed by atoms with van der Waals surface area (Å²) < 4.78 is 1.78. The Morgan fingerprint density at radius 2 is 2.19 bits per heavy atom. The zero-order chi connectivity index (χ0) is 11.9. The van der Waals surface area contributed by atoms with Crippen molar-refractivity contribution in [3.05, 3.63) is 28.9 Å². The van der Waals surface area contributed by atoms with E-state index < -0.39 is 5.97 Å². The molecule has 2 aromatic rings. The van der Waals surface area contributed by atoms with Crippen LogP contribution < -0.4 is 0 Å². The smallest absolute Gasteiger partial charge is 0.335 e. The van der Waals surface area contributed by atoms with Crippen molar-refractivity contribution in [2.75, 3.05) is 0 Å². The molecular weight excluding hydrogens is 228 g/mol. The lowest BCUT2D eigenvalue weighted by atomic mass is 10.1. The van der Waals surface area contributed by atoms with E-state index in [9.17, 15) is 4.79 Å². The Kier molecular flexibility index (Phi) is 2.59. The Labute approximate surface area is 97.4 Å². The van der Waals surface area contributed by atoms with E-state index in [-0.39, 0.29) is 11.6 Å². The summed E-state index contributed by atoms with van der Waals surface area (Å²) >= 11 is 5.97. The van der Waals surface area contributed by atoms with Crippen molar-refractivity contribution in [1.29, 1.82) is 0 Å². The number of aromatic nitrogens is 2. The topological polar surface area (TPSA) is 55.1 Å². The number of hydrogen-bond acceptors (Lipinski definition) is 2. The first-order chi connectivity index (χ1) is 7.50. The second-order valence-corrected chi connectivity index (χ2v) is 4.22. The SMILES string of the molecule is CC(C)n1nc(Cl)c2cc(C(=O)O)ccc21. The molecule has 0 fully saturated rings. The first-order valence-electron chi connectivity index (χ1n) is 4.91. The van der Waals surface area contributed by atoms with E-state index in [4.69, 9.17) is 16.7 Å². The van der Waals surface area contributed by atoms with Gasteiger partial charge in [-0.25, -0.2) is 4.79 Å². The lowest BCUT2D eigenvalue weighted by Gasteiger charge is -2.06. The fourth-order valence-corrected chi connectivity index (χ4v) is 1.86. The lowest BCUT2D eigenvalue weighted by molar-refractivity contribution is 0.0697. The zero-order valence-electron chi connectivity index (χ0n) is 8.94. The van der Waals surface area contributed by atoms with Gasteiger partial charge in [0.05, 0.1) is 11.1 Å². The van der Waals surface area contributed by atoms with Crippen molar-refractivity contribution in [2.24, 2.45) is 0 Å². The zero-order valence-corrected chi connectivity index (χ0v) is 9.69. The summed E-state index contributed by atoms with van der Waals surface area (Å²) in [6.45, 7) is 3.99. The third-order valence-electron chi connectivity index (χ3n) is 2.40. The number of rotatable bonds is 2. The van der Waals surface area contributed by atoms with Gasteiger partial charge < -0.3 is 5.11 Å². The Balaban J connectivity index is 2.71. The molecule has 0 saturated carbocycles. The molecule has 1 aromatic heterocycles. The van der Waals surface area contributed by atoms with Gasteiger partial charge in [-0.15, -0.1) is 0 Å². The summed E-state index contributed by atoms with van der Waals surface area (Å²) in [6, 6.07) is 5.02. The van der Waals surface area contributed by atoms with Crippen LogP contribution in [0.25, 0.3) is 10.9 Å². The molecule has 16 heavy (non-hydrogen) atoms. The van der Waals surface area contributed by atoms with Crippen LogP contribution in [-0.2, 0) is 0 Å². The first kappa shape index (κ1) is 11.0.